The van der Waals surface area contributed by atoms with Crippen molar-refractivity contribution in [1.82, 2.24) is 15.8 Å². The van der Waals surface area contributed by atoms with E-state index in [0.29, 0.717) is 13.1 Å². The lowest BCUT2D eigenvalue weighted by molar-refractivity contribution is 0.380. The van der Waals surface area contributed by atoms with Crippen LogP contribution in [0.25, 0.3) is 11.0 Å². The van der Waals surface area contributed by atoms with Gasteiger partial charge in [-0.1, -0.05) is 37.2 Å². The molecule has 0 saturated carbocycles. The number of guanidine groups is 1. The van der Waals surface area contributed by atoms with E-state index in [1.807, 2.05) is 18.2 Å². The fraction of sp³-hybridized carbons (Fsp3) is 0.429. The van der Waals surface area contributed by atoms with Crippen molar-refractivity contribution in [2.75, 3.05) is 6.54 Å². The number of hydrogen-bond donors (Lipinski definition) is 2. The van der Waals surface area contributed by atoms with Gasteiger partial charge in [-0.2, -0.15) is 0 Å². The molecule has 6 heteroatoms. The highest BCUT2D eigenvalue weighted by Crippen LogP contribution is 2.24. The van der Waals surface area contributed by atoms with Crippen LogP contribution >= 0.6 is 0 Å². The van der Waals surface area contributed by atoms with Gasteiger partial charge in [0.1, 0.15) is 17.1 Å². The summed E-state index contributed by atoms with van der Waals surface area (Å²) in [6.45, 7) is 10.2. The van der Waals surface area contributed by atoms with Gasteiger partial charge in [-0.25, -0.2) is 4.99 Å². The molecule has 27 heavy (non-hydrogen) atoms. The third-order valence-electron chi connectivity index (χ3n) is 4.71. The SMILES string of the molecule is CCNC(=NCc1c(CC)noc1CC)NCc1oc2ccccc2c1C. The molecule has 2 aromatic heterocycles. The third-order valence-corrected chi connectivity index (χ3v) is 4.71. The number of rotatable bonds is 7. The molecule has 0 amide bonds. The Kier molecular flexibility index (Phi) is 6.16. The number of nitrogens with one attached hydrogen (secondary N) is 2. The third kappa shape index (κ3) is 4.15. The second kappa shape index (κ2) is 8.75. The molecule has 3 rings (SSSR count). The van der Waals surface area contributed by atoms with Gasteiger partial charge in [0.2, 0.25) is 0 Å². The number of benzene rings is 1. The van der Waals surface area contributed by atoms with Crippen molar-refractivity contribution < 1.29 is 8.94 Å². The summed E-state index contributed by atoms with van der Waals surface area (Å²) in [5, 5.41) is 12.0. The van der Waals surface area contributed by atoms with Gasteiger partial charge in [0.25, 0.3) is 0 Å². The Hall–Kier alpha value is -2.76. The smallest absolute Gasteiger partial charge is 0.191 e. The van der Waals surface area contributed by atoms with E-state index in [9.17, 15) is 0 Å². The maximum atomic E-state index is 5.98. The van der Waals surface area contributed by atoms with Crippen LogP contribution in [-0.2, 0) is 25.9 Å². The van der Waals surface area contributed by atoms with E-state index >= 15 is 0 Å². The first kappa shape index (κ1) is 19.0. The first-order valence-corrected chi connectivity index (χ1v) is 9.63. The van der Waals surface area contributed by atoms with Gasteiger partial charge in [-0.05, 0) is 26.3 Å². The first-order chi connectivity index (χ1) is 13.2. The minimum Gasteiger partial charge on any atom is -0.459 e. The highest BCUT2D eigenvalue weighted by atomic mass is 16.5. The molecule has 6 nitrogen and oxygen atoms in total. The number of aryl methyl sites for hydroxylation is 3. The van der Waals surface area contributed by atoms with Crippen LogP contribution in [0, 0.1) is 6.92 Å². The number of aromatic nitrogens is 1. The van der Waals surface area contributed by atoms with Crippen LogP contribution in [0.1, 0.15) is 49.1 Å². The Morgan fingerprint density at radius 2 is 1.89 bits per heavy atom. The molecule has 0 aliphatic carbocycles. The molecule has 0 spiro atoms. The van der Waals surface area contributed by atoms with E-state index < -0.39 is 0 Å². The zero-order chi connectivity index (χ0) is 19.2. The molecule has 2 heterocycles. The van der Waals surface area contributed by atoms with Gasteiger partial charge >= 0.3 is 0 Å². The van der Waals surface area contributed by atoms with Gasteiger partial charge in [-0.15, -0.1) is 0 Å². The summed E-state index contributed by atoms with van der Waals surface area (Å²) >= 11 is 0. The quantitative estimate of drug-likeness (QED) is 0.485. The second-order valence-corrected chi connectivity index (χ2v) is 6.43. The van der Waals surface area contributed by atoms with Gasteiger partial charge in [0.15, 0.2) is 5.96 Å². The summed E-state index contributed by atoms with van der Waals surface area (Å²) in [7, 11) is 0. The molecule has 0 aliphatic rings. The van der Waals surface area contributed by atoms with E-state index in [2.05, 4.69) is 49.6 Å². The van der Waals surface area contributed by atoms with E-state index in [-0.39, 0.29) is 0 Å². The van der Waals surface area contributed by atoms with Crippen LogP contribution in [0.5, 0.6) is 0 Å². The van der Waals surface area contributed by atoms with Gasteiger partial charge in [0, 0.05) is 29.5 Å². The number of nitrogens with zero attached hydrogens (tertiary/aromatic N) is 2. The van der Waals surface area contributed by atoms with Crippen molar-refractivity contribution in [1.29, 1.82) is 0 Å². The van der Waals surface area contributed by atoms with Crippen LogP contribution in [0.2, 0.25) is 0 Å². The molecule has 0 unspecified atom stereocenters. The van der Waals surface area contributed by atoms with Crippen molar-refractivity contribution in [3.8, 4) is 0 Å². The maximum absolute atomic E-state index is 5.98. The minimum atomic E-state index is 0.546. The van der Waals surface area contributed by atoms with Crippen molar-refractivity contribution >= 4 is 16.9 Å². The zero-order valence-electron chi connectivity index (χ0n) is 16.6. The standard InChI is InChI=1S/C21H28N4O2/c1-5-17-16(18(6-2)27-25-17)12-23-21(22-7-3)24-13-20-14(4)15-10-8-9-11-19(15)26-20/h8-11H,5-7,12-13H2,1-4H3,(H2,22,23,24). The molecule has 0 fully saturated rings. The van der Waals surface area contributed by atoms with E-state index in [4.69, 9.17) is 13.9 Å². The molecule has 144 valence electrons. The Morgan fingerprint density at radius 3 is 2.59 bits per heavy atom. The maximum Gasteiger partial charge on any atom is 0.191 e. The Bertz CT molecular complexity index is 902. The largest absolute Gasteiger partial charge is 0.459 e. The predicted molar refractivity (Wildman–Crippen MR) is 108 cm³/mol. The summed E-state index contributed by atoms with van der Waals surface area (Å²) in [6, 6.07) is 8.10. The number of para-hydroxylation sites is 1. The van der Waals surface area contributed by atoms with Crippen molar-refractivity contribution in [3.05, 3.63) is 52.6 Å². The number of fused-ring (bicyclic) bond motifs is 1. The Labute approximate surface area is 160 Å². The fourth-order valence-corrected chi connectivity index (χ4v) is 3.17. The lowest BCUT2D eigenvalue weighted by atomic mass is 10.1. The fourth-order valence-electron chi connectivity index (χ4n) is 3.17. The zero-order valence-corrected chi connectivity index (χ0v) is 16.6. The number of aliphatic imine (C=N–C) groups is 1. The first-order valence-electron chi connectivity index (χ1n) is 9.63. The average Bonchev–Trinajstić information content (AvgIpc) is 3.24. The molecular weight excluding hydrogens is 340 g/mol. The monoisotopic (exact) mass is 368 g/mol. The molecule has 0 bridgehead atoms. The normalized spacial score (nSPS) is 11.9. The van der Waals surface area contributed by atoms with Gasteiger partial charge in [-0.3, -0.25) is 0 Å². The topological polar surface area (TPSA) is 75.6 Å². The molecule has 2 N–H and O–H groups in total. The van der Waals surface area contributed by atoms with Crippen LogP contribution < -0.4 is 10.6 Å². The summed E-state index contributed by atoms with van der Waals surface area (Å²) < 4.78 is 11.4. The molecule has 0 aliphatic heterocycles. The molecular formula is C21H28N4O2. The Balaban J connectivity index is 1.74. The summed E-state index contributed by atoms with van der Waals surface area (Å²) in [5.74, 6) is 2.59. The second-order valence-electron chi connectivity index (χ2n) is 6.43. The molecule has 1 aromatic carbocycles. The van der Waals surface area contributed by atoms with Crippen molar-refractivity contribution in [2.24, 2.45) is 4.99 Å². The number of furan rings is 1. The molecule has 0 radical (unpaired) electrons. The van der Waals surface area contributed by atoms with Crippen LogP contribution in [-0.4, -0.2) is 17.7 Å². The molecule has 3 aromatic rings. The van der Waals surface area contributed by atoms with Crippen molar-refractivity contribution in [3.63, 3.8) is 0 Å². The lowest BCUT2D eigenvalue weighted by Crippen LogP contribution is -2.36. The van der Waals surface area contributed by atoms with Crippen LogP contribution in [0.3, 0.4) is 0 Å². The van der Waals surface area contributed by atoms with Crippen LogP contribution in [0.4, 0.5) is 0 Å². The summed E-state index contributed by atoms with van der Waals surface area (Å²) in [6.07, 6.45) is 1.66. The van der Waals surface area contributed by atoms with E-state index in [1.165, 1.54) is 0 Å². The van der Waals surface area contributed by atoms with Crippen molar-refractivity contribution in [2.45, 2.75) is 53.6 Å². The molecule has 0 atom stereocenters. The number of hydrogen-bond acceptors (Lipinski definition) is 4. The van der Waals surface area contributed by atoms with E-state index in [0.717, 1.165) is 64.7 Å². The lowest BCUT2D eigenvalue weighted by Gasteiger charge is -2.10. The molecule has 0 saturated heterocycles. The van der Waals surface area contributed by atoms with E-state index in [1.54, 1.807) is 0 Å². The van der Waals surface area contributed by atoms with Crippen LogP contribution in [0.15, 0.2) is 38.2 Å². The average molecular weight is 368 g/mol. The minimum absolute atomic E-state index is 0.546. The highest BCUT2D eigenvalue weighted by molar-refractivity contribution is 5.83. The summed E-state index contributed by atoms with van der Waals surface area (Å²) in [4.78, 5) is 4.72. The van der Waals surface area contributed by atoms with Gasteiger partial charge < -0.3 is 19.6 Å². The van der Waals surface area contributed by atoms with Gasteiger partial charge in [0.05, 0.1) is 18.8 Å². The predicted octanol–water partition coefficient (Wildman–Crippen LogP) is 4.11. The highest BCUT2D eigenvalue weighted by Gasteiger charge is 2.14. The Morgan fingerprint density at radius 1 is 1.07 bits per heavy atom. The summed E-state index contributed by atoms with van der Waals surface area (Å²) in [5.41, 5.74) is 4.16.